The molecule has 1 aliphatic rings. The fourth-order valence-corrected chi connectivity index (χ4v) is 2.87. The van der Waals surface area contributed by atoms with Crippen LogP contribution >= 0.6 is 0 Å². The van der Waals surface area contributed by atoms with Crippen LogP contribution < -0.4 is 4.74 Å². The summed E-state index contributed by atoms with van der Waals surface area (Å²) in [4.78, 5) is 10.8. The molecule has 2 aromatic carbocycles. The van der Waals surface area contributed by atoms with Gasteiger partial charge in [-0.2, -0.15) is 0 Å². The number of benzene rings is 2. The molecule has 9 nitrogen and oxygen atoms in total. The Balaban J connectivity index is 1.57. The van der Waals surface area contributed by atoms with Crippen LogP contribution in [0.3, 0.4) is 0 Å². The zero-order valence-electron chi connectivity index (χ0n) is 13.7. The molecule has 0 saturated carbocycles. The molecule has 0 saturated heterocycles. The monoisotopic (exact) mass is 353 g/mol. The summed E-state index contributed by atoms with van der Waals surface area (Å²) in [5.74, 6) is 0.605. The van der Waals surface area contributed by atoms with E-state index in [9.17, 15) is 10.1 Å². The summed E-state index contributed by atoms with van der Waals surface area (Å²) >= 11 is 0. The molecule has 0 spiro atoms. The van der Waals surface area contributed by atoms with E-state index in [0.29, 0.717) is 24.6 Å². The highest BCUT2D eigenvalue weighted by molar-refractivity contribution is 5.71. The van der Waals surface area contributed by atoms with Crippen molar-refractivity contribution >= 4 is 5.69 Å². The van der Waals surface area contributed by atoms with E-state index in [-0.39, 0.29) is 24.1 Å². The number of ether oxygens (including phenoxy) is 2. The fourth-order valence-electron chi connectivity index (χ4n) is 2.87. The number of hydrogen-bond acceptors (Lipinski definition) is 7. The largest absolute Gasteiger partial charge is 0.484 e. The Morgan fingerprint density at radius 1 is 1.23 bits per heavy atom. The smallest absolute Gasteiger partial charge is 0.311 e. The molecule has 1 aliphatic heterocycles. The van der Waals surface area contributed by atoms with E-state index in [0.717, 1.165) is 5.56 Å². The lowest BCUT2D eigenvalue weighted by Crippen LogP contribution is -2.22. The van der Waals surface area contributed by atoms with Crippen molar-refractivity contribution in [1.82, 2.24) is 20.2 Å². The topological polar surface area (TPSA) is 105 Å². The Morgan fingerprint density at radius 3 is 2.88 bits per heavy atom. The molecular formula is C17H15N5O4. The molecule has 0 fully saturated rings. The fraction of sp³-hybridized carbons (Fsp3) is 0.235. The van der Waals surface area contributed by atoms with Crippen LogP contribution in [0.2, 0.25) is 0 Å². The van der Waals surface area contributed by atoms with Gasteiger partial charge in [-0.05, 0) is 22.1 Å². The minimum Gasteiger partial charge on any atom is -0.484 e. The van der Waals surface area contributed by atoms with Crippen molar-refractivity contribution in [2.75, 3.05) is 13.2 Å². The summed E-state index contributed by atoms with van der Waals surface area (Å²) in [7, 11) is 0. The van der Waals surface area contributed by atoms with E-state index < -0.39 is 4.92 Å². The lowest BCUT2D eigenvalue weighted by atomic mass is 10.1. The molecule has 132 valence electrons. The van der Waals surface area contributed by atoms with Crippen LogP contribution in [0.5, 0.6) is 5.75 Å². The molecule has 9 heteroatoms. The molecule has 3 aromatic rings. The first-order valence-corrected chi connectivity index (χ1v) is 8.04. The van der Waals surface area contributed by atoms with Crippen molar-refractivity contribution in [3.63, 3.8) is 0 Å². The van der Waals surface area contributed by atoms with Gasteiger partial charge in [-0.3, -0.25) is 10.1 Å². The zero-order chi connectivity index (χ0) is 17.9. The molecule has 0 amide bonds. The quantitative estimate of drug-likeness (QED) is 0.512. The normalized spacial score (nSPS) is 15.5. The van der Waals surface area contributed by atoms with Crippen molar-refractivity contribution in [1.29, 1.82) is 0 Å². The van der Waals surface area contributed by atoms with Crippen LogP contribution in [0.1, 0.15) is 11.6 Å². The standard InChI is InChI=1S/C17H15N5O4/c23-22(24)15-8-4-7-14-16(15)26-11-13(21-17(14)18-19-20-21)10-25-9-12-5-2-1-3-6-12/h1-8,13H,9-11H2/t13-/m0/s1. The number of nitrogens with zero attached hydrogens (tertiary/aromatic N) is 5. The third-order valence-corrected chi connectivity index (χ3v) is 4.11. The molecule has 0 unspecified atom stereocenters. The van der Waals surface area contributed by atoms with Crippen molar-refractivity contribution in [3.8, 4) is 17.1 Å². The second kappa shape index (κ2) is 6.89. The summed E-state index contributed by atoms with van der Waals surface area (Å²) in [6.07, 6.45) is 0. The Bertz CT molecular complexity index is 928. The van der Waals surface area contributed by atoms with Crippen LogP contribution in [0.4, 0.5) is 5.69 Å². The first kappa shape index (κ1) is 16.2. The van der Waals surface area contributed by atoms with E-state index in [1.165, 1.54) is 6.07 Å². The van der Waals surface area contributed by atoms with Crippen molar-refractivity contribution < 1.29 is 14.4 Å². The van der Waals surface area contributed by atoms with E-state index in [2.05, 4.69) is 15.5 Å². The van der Waals surface area contributed by atoms with Crippen LogP contribution in [0, 0.1) is 10.1 Å². The maximum atomic E-state index is 11.3. The van der Waals surface area contributed by atoms with Crippen molar-refractivity contribution in [3.05, 3.63) is 64.2 Å². The molecular weight excluding hydrogens is 338 g/mol. The Morgan fingerprint density at radius 2 is 2.08 bits per heavy atom. The van der Waals surface area contributed by atoms with Gasteiger partial charge in [0, 0.05) is 6.07 Å². The van der Waals surface area contributed by atoms with Gasteiger partial charge in [0.25, 0.3) is 0 Å². The number of hydrogen-bond donors (Lipinski definition) is 0. The molecule has 0 bridgehead atoms. The van der Waals surface area contributed by atoms with Gasteiger partial charge in [-0.25, -0.2) is 4.68 Å². The van der Waals surface area contributed by atoms with Gasteiger partial charge in [-0.1, -0.05) is 36.4 Å². The highest BCUT2D eigenvalue weighted by Crippen LogP contribution is 2.39. The number of aromatic nitrogens is 4. The van der Waals surface area contributed by atoms with E-state index in [1.54, 1.807) is 16.8 Å². The Hall–Kier alpha value is -3.33. The number of nitro groups is 1. The maximum absolute atomic E-state index is 11.3. The molecule has 2 heterocycles. The molecule has 1 atom stereocenters. The second-order valence-electron chi connectivity index (χ2n) is 5.82. The number of fused-ring (bicyclic) bond motifs is 3. The van der Waals surface area contributed by atoms with E-state index >= 15 is 0 Å². The van der Waals surface area contributed by atoms with E-state index in [1.807, 2.05) is 30.3 Å². The average molecular weight is 353 g/mol. The number of nitro benzene ring substituents is 1. The maximum Gasteiger partial charge on any atom is 0.311 e. The molecule has 1 aromatic heterocycles. The lowest BCUT2D eigenvalue weighted by Gasteiger charge is -2.15. The summed E-state index contributed by atoms with van der Waals surface area (Å²) < 4.78 is 13.1. The minimum absolute atomic E-state index is 0.108. The summed E-state index contributed by atoms with van der Waals surface area (Å²) in [5, 5.41) is 23.0. The summed E-state index contributed by atoms with van der Waals surface area (Å²) in [6, 6.07) is 14.2. The highest BCUT2D eigenvalue weighted by Gasteiger charge is 2.30. The van der Waals surface area contributed by atoms with Crippen molar-refractivity contribution in [2.24, 2.45) is 0 Å². The minimum atomic E-state index is -0.473. The van der Waals surface area contributed by atoms with Gasteiger partial charge in [0.05, 0.1) is 23.7 Å². The van der Waals surface area contributed by atoms with Gasteiger partial charge in [0.2, 0.25) is 5.75 Å². The molecule has 0 aliphatic carbocycles. The SMILES string of the molecule is O=[N+]([O-])c1cccc2c1OC[C@H](COCc1ccccc1)n1nnnc1-2. The summed E-state index contributed by atoms with van der Waals surface area (Å²) in [6.45, 7) is 0.932. The lowest BCUT2D eigenvalue weighted by molar-refractivity contribution is -0.385. The van der Waals surface area contributed by atoms with Gasteiger partial charge in [-0.15, -0.1) is 5.10 Å². The third-order valence-electron chi connectivity index (χ3n) is 4.11. The van der Waals surface area contributed by atoms with Crippen LogP contribution in [-0.2, 0) is 11.3 Å². The second-order valence-corrected chi connectivity index (χ2v) is 5.82. The van der Waals surface area contributed by atoms with Crippen molar-refractivity contribution in [2.45, 2.75) is 12.6 Å². The molecule has 4 rings (SSSR count). The Labute approximate surface area is 148 Å². The molecule has 26 heavy (non-hydrogen) atoms. The molecule has 0 N–H and O–H groups in total. The van der Waals surface area contributed by atoms with Gasteiger partial charge in [0.1, 0.15) is 12.6 Å². The van der Waals surface area contributed by atoms with E-state index in [4.69, 9.17) is 9.47 Å². The van der Waals surface area contributed by atoms with Gasteiger partial charge in [0.15, 0.2) is 5.82 Å². The van der Waals surface area contributed by atoms with Gasteiger partial charge < -0.3 is 9.47 Å². The predicted molar refractivity (Wildman–Crippen MR) is 90.5 cm³/mol. The first-order valence-electron chi connectivity index (χ1n) is 8.04. The summed E-state index contributed by atoms with van der Waals surface area (Å²) in [5.41, 5.74) is 1.44. The van der Waals surface area contributed by atoms with Crippen LogP contribution in [0.15, 0.2) is 48.5 Å². The number of rotatable bonds is 5. The Kier molecular flexibility index (Phi) is 4.28. The molecule has 0 radical (unpaired) electrons. The van der Waals surface area contributed by atoms with Crippen LogP contribution in [-0.4, -0.2) is 38.3 Å². The predicted octanol–water partition coefficient (Wildman–Crippen LogP) is 2.40. The highest BCUT2D eigenvalue weighted by atomic mass is 16.6. The average Bonchev–Trinajstić information content (AvgIpc) is 3.09. The third kappa shape index (κ3) is 3.00. The first-order chi connectivity index (χ1) is 12.7. The zero-order valence-corrected chi connectivity index (χ0v) is 13.7. The number of para-hydroxylation sites is 1. The van der Waals surface area contributed by atoms with Crippen LogP contribution in [0.25, 0.3) is 11.4 Å². The van der Waals surface area contributed by atoms with Gasteiger partial charge >= 0.3 is 5.69 Å². The number of tetrazole rings is 1.